The summed E-state index contributed by atoms with van der Waals surface area (Å²) in [7, 11) is 0. The van der Waals surface area contributed by atoms with E-state index in [1.54, 1.807) is 0 Å². The van der Waals surface area contributed by atoms with Gasteiger partial charge in [-0.25, -0.2) is 4.79 Å². The van der Waals surface area contributed by atoms with Crippen LogP contribution < -0.4 is 0 Å². The van der Waals surface area contributed by atoms with Crippen molar-refractivity contribution in [3.05, 3.63) is 22.1 Å². The maximum atomic E-state index is 10.6. The molecule has 0 aromatic heterocycles. The third-order valence-electron chi connectivity index (χ3n) is 1.75. The SMILES string of the molecule is Cc1cc(O)c(C(=O)O)c(N=O)c1O. The van der Waals surface area contributed by atoms with Gasteiger partial charge in [-0.3, -0.25) is 0 Å². The van der Waals surface area contributed by atoms with Crippen LogP contribution in [0, 0.1) is 11.8 Å². The molecular formula is C8H7NO5. The normalized spacial score (nSPS) is 9.79. The van der Waals surface area contributed by atoms with E-state index in [0.717, 1.165) is 6.07 Å². The van der Waals surface area contributed by atoms with Crippen LogP contribution in [0.1, 0.15) is 15.9 Å². The van der Waals surface area contributed by atoms with Crippen molar-refractivity contribution in [3.63, 3.8) is 0 Å². The summed E-state index contributed by atoms with van der Waals surface area (Å²) >= 11 is 0. The van der Waals surface area contributed by atoms with E-state index in [9.17, 15) is 19.9 Å². The van der Waals surface area contributed by atoms with E-state index >= 15 is 0 Å². The van der Waals surface area contributed by atoms with Gasteiger partial charge >= 0.3 is 5.97 Å². The third kappa shape index (κ3) is 1.37. The highest BCUT2D eigenvalue weighted by atomic mass is 16.4. The van der Waals surface area contributed by atoms with E-state index in [1.807, 2.05) is 0 Å². The van der Waals surface area contributed by atoms with Crippen molar-refractivity contribution in [3.8, 4) is 11.5 Å². The van der Waals surface area contributed by atoms with E-state index < -0.39 is 28.7 Å². The van der Waals surface area contributed by atoms with Crippen LogP contribution in [0.2, 0.25) is 0 Å². The van der Waals surface area contributed by atoms with Gasteiger partial charge in [-0.05, 0) is 23.7 Å². The first-order valence-corrected chi connectivity index (χ1v) is 3.61. The molecule has 0 spiro atoms. The zero-order chi connectivity index (χ0) is 10.9. The van der Waals surface area contributed by atoms with Gasteiger partial charge in [0.15, 0.2) is 5.69 Å². The monoisotopic (exact) mass is 197 g/mol. The predicted molar refractivity (Wildman–Crippen MR) is 46.9 cm³/mol. The Balaban J connectivity index is 3.63. The second kappa shape index (κ2) is 3.33. The Kier molecular flexibility index (Phi) is 2.37. The van der Waals surface area contributed by atoms with Crippen molar-refractivity contribution in [2.45, 2.75) is 6.92 Å². The number of hydrogen-bond acceptors (Lipinski definition) is 5. The van der Waals surface area contributed by atoms with Crippen LogP contribution in [0.4, 0.5) is 5.69 Å². The van der Waals surface area contributed by atoms with Crippen molar-refractivity contribution in [1.29, 1.82) is 0 Å². The molecule has 0 aliphatic heterocycles. The molecule has 0 aliphatic carbocycles. The number of nitrogens with zero attached hydrogens (tertiary/aromatic N) is 1. The molecule has 0 bridgehead atoms. The first-order valence-electron chi connectivity index (χ1n) is 3.61. The number of phenolic OH excluding ortho intramolecular Hbond substituents is 1. The van der Waals surface area contributed by atoms with Gasteiger partial charge in [0, 0.05) is 0 Å². The molecule has 0 fully saturated rings. The Bertz CT molecular complexity index is 413. The van der Waals surface area contributed by atoms with Gasteiger partial charge in [0.25, 0.3) is 0 Å². The molecular weight excluding hydrogens is 190 g/mol. The van der Waals surface area contributed by atoms with Gasteiger partial charge in [-0.15, -0.1) is 4.91 Å². The molecule has 0 heterocycles. The molecule has 0 atom stereocenters. The van der Waals surface area contributed by atoms with Crippen LogP contribution in [0.15, 0.2) is 11.2 Å². The lowest BCUT2D eigenvalue weighted by Gasteiger charge is -2.06. The summed E-state index contributed by atoms with van der Waals surface area (Å²) in [5.41, 5.74) is -1.17. The Morgan fingerprint density at radius 3 is 2.43 bits per heavy atom. The largest absolute Gasteiger partial charge is 0.507 e. The average Bonchev–Trinajstić information content (AvgIpc) is 2.09. The minimum absolute atomic E-state index is 0.183. The predicted octanol–water partition coefficient (Wildman–Crippen LogP) is 1.50. The molecule has 3 N–H and O–H groups in total. The Labute approximate surface area is 78.4 Å². The molecule has 1 aromatic rings. The number of carboxylic acids is 1. The number of nitroso groups, excluding NO2 is 1. The molecule has 74 valence electrons. The van der Waals surface area contributed by atoms with Gasteiger partial charge in [0.1, 0.15) is 17.1 Å². The number of rotatable bonds is 2. The molecule has 6 nitrogen and oxygen atoms in total. The van der Waals surface area contributed by atoms with Crippen LogP contribution in [-0.2, 0) is 0 Å². The Morgan fingerprint density at radius 2 is 2.00 bits per heavy atom. The second-order valence-corrected chi connectivity index (χ2v) is 2.68. The van der Waals surface area contributed by atoms with Crippen LogP contribution in [-0.4, -0.2) is 21.3 Å². The molecule has 1 aromatic carbocycles. The van der Waals surface area contributed by atoms with Crippen molar-refractivity contribution in [2.75, 3.05) is 0 Å². The fourth-order valence-electron chi connectivity index (χ4n) is 1.07. The molecule has 0 radical (unpaired) electrons. The number of benzene rings is 1. The number of aryl methyl sites for hydroxylation is 1. The van der Waals surface area contributed by atoms with Gasteiger partial charge < -0.3 is 15.3 Å². The number of aromatic hydroxyl groups is 2. The lowest BCUT2D eigenvalue weighted by molar-refractivity contribution is 0.0694. The van der Waals surface area contributed by atoms with Crippen molar-refractivity contribution in [1.82, 2.24) is 0 Å². The number of phenols is 2. The smallest absolute Gasteiger partial charge is 0.341 e. The van der Waals surface area contributed by atoms with Crippen LogP contribution in [0.25, 0.3) is 0 Å². The summed E-state index contributed by atoms with van der Waals surface area (Å²) < 4.78 is 0. The van der Waals surface area contributed by atoms with Crippen molar-refractivity contribution in [2.24, 2.45) is 5.18 Å². The topological polar surface area (TPSA) is 107 Å². The van der Waals surface area contributed by atoms with Crippen molar-refractivity contribution < 1.29 is 20.1 Å². The van der Waals surface area contributed by atoms with Crippen LogP contribution >= 0.6 is 0 Å². The molecule has 0 saturated carbocycles. The molecule has 6 heteroatoms. The summed E-state index contributed by atoms with van der Waals surface area (Å²) in [4.78, 5) is 20.9. The van der Waals surface area contributed by atoms with E-state index in [1.165, 1.54) is 6.92 Å². The van der Waals surface area contributed by atoms with E-state index in [0.29, 0.717) is 0 Å². The zero-order valence-electron chi connectivity index (χ0n) is 7.18. The van der Waals surface area contributed by atoms with Crippen LogP contribution in [0.5, 0.6) is 11.5 Å². The number of hydrogen-bond donors (Lipinski definition) is 3. The summed E-state index contributed by atoms with van der Waals surface area (Å²) in [5.74, 6) is -2.65. The Morgan fingerprint density at radius 1 is 1.43 bits per heavy atom. The summed E-state index contributed by atoms with van der Waals surface area (Å²) in [6, 6.07) is 1.05. The van der Waals surface area contributed by atoms with Gasteiger partial charge in [-0.2, -0.15) is 0 Å². The highest BCUT2D eigenvalue weighted by Gasteiger charge is 2.21. The fraction of sp³-hybridized carbons (Fsp3) is 0.125. The lowest BCUT2D eigenvalue weighted by Crippen LogP contribution is -1.98. The van der Waals surface area contributed by atoms with E-state index in [-0.39, 0.29) is 5.56 Å². The summed E-state index contributed by atoms with van der Waals surface area (Å²) in [5, 5.41) is 29.5. The zero-order valence-corrected chi connectivity index (χ0v) is 7.18. The van der Waals surface area contributed by atoms with E-state index in [2.05, 4.69) is 5.18 Å². The summed E-state index contributed by atoms with van der Waals surface area (Å²) in [6.07, 6.45) is 0. The fourth-order valence-corrected chi connectivity index (χ4v) is 1.07. The first kappa shape index (κ1) is 9.97. The number of carboxylic acid groups (broad SMARTS) is 1. The van der Waals surface area contributed by atoms with Gasteiger partial charge in [0.2, 0.25) is 0 Å². The first-order chi connectivity index (χ1) is 6.49. The van der Waals surface area contributed by atoms with Crippen molar-refractivity contribution >= 4 is 11.7 Å². The Hall–Kier alpha value is -2.11. The lowest BCUT2D eigenvalue weighted by atomic mass is 10.1. The molecule has 0 unspecified atom stereocenters. The molecule has 1 rings (SSSR count). The van der Waals surface area contributed by atoms with E-state index in [4.69, 9.17) is 5.11 Å². The maximum Gasteiger partial charge on any atom is 0.341 e. The minimum Gasteiger partial charge on any atom is -0.507 e. The molecule has 0 saturated heterocycles. The minimum atomic E-state index is -1.52. The quantitative estimate of drug-likeness (QED) is 0.491. The highest BCUT2D eigenvalue weighted by Crippen LogP contribution is 2.38. The van der Waals surface area contributed by atoms with Gasteiger partial charge in [-0.1, -0.05) is 0 Å². The number of carbonyl (C=O) groups is 1. The third-order valence-corrected chi connectivity index (χ3v) is 1.75. The molecule has 0 amide bonds. The number of aromatic carboxylic acids is 1. The molecule has 0 aliphatic rings. The highest BCUT2D eigenvalue weighted by molar-refractivity contribution is 5.98. The summed E-state index contributed by atoms with van der Waals surface area (Å²) in [6.45, 7) is 1.41. The standard InChI is InChI=1S/C8H7NO5/c1-3-2-4(10)5(8(12)13)6(9-14)7(3)11/h2,10-11H,1H3,(H,12,13). The molecule has 14 heavy (non-hydrogen) atoms. The van der Waals surface area contributed by atoms with Gasteiger partial charge in [0.05, 0.1) is 0 Å². The average molecular weight is 197 g/mol. The maximum absolute atomic E-state index is 10.6. The van der Waals surface area contributed by atoms with Crippen LogP contribution in [0.3, 0.4) is 0 Å². The second-order valence-electron chi connectivity index (χ2n) is 2.68.